The Kier molecular flexibility index (Phi) is 4.45. The Morgan fingerprint density at radius 3 is 2.76 bits per heavy atom. The van der Waals surface area contributed by atoms with Crippen LogP contribution in [0.1, 0.15) is 24.8 Å². The molecule has 8 heteroatoms. The predicted molar refractivity (Wildman–Crippen MR) is 84.5 cm³/mol. The fourth-order valence-electron chi connectivity index (χ4n) is 3.46. The molecule has 2 unspecified atom stereocenters. The molecule has 0 saturated carbocycles. The van der Waals surface area contributed by atoms with Crippen molar-refractivity contribution < 1.29 is 27.8 Å². The largest absolute Gasteiger partial charge is 0.573 e. The second-order valence-electron chi connectivity index (χ2n) is 6.33. The van der Waals surface area contributed by atoms with Crippen molar-refractivity contribution in [3.8, 4) is 5.75 Å². The van der Waals surface area contributed by atoms with Gasteiger partial charge >= 0.3 is 12.5 Å². The number of piperidine rings is 1. The van der Waals surface area contributed by atoms with Crippen molar-refractivity contribution in [3.05, 3.63) is 36.0 Å². The number of carbonyl (C=O) groups is 1. The summed E-state index contributed by atoms with van der Waals surface area (Å²) in [4.78, 5) is 16.7. The van der Waals surface area contributed by atoms with E-state index < -0.39 is 12.5 Å². The molecule has 0 spiro atoms. The topological polar surface area (TPSA) is 62.7 Å². The van der Waals surface area contributed by atoms with Crippen LogP contribution in [0.5, 0.6) is 5.75 Å². The fourth-order valence-corrected chi connectivity index (χ4v) is 3.46. The predicted octanol–water partition coefficient (Wildman–Crippen LogP) is 4.24. The minimum Gasteiger partial charge on any atom is -0.465 e. The number of hydrogen-bond donors (Lipinski definition) is 1. The first-order valence-corrected chi connectivity index (χ1v) is 7.86. The summed E-state index contributed by atoms with van der Waals surface area (Å²) >= 11 is 0. The van der Waals surface area contributed by atoms with Gasteiger partial charge in [0.2, 0.25) is 0 Å². The molecular formula is C17H17F3N2O3. The molecule has 25 heavy (non-hydrogen) atoms. The van der Waals surface area contributed by atoms with E-state index in [4.69, 9.17) is 0 Å². The van der Waals surface area contributed by atoms with Crippen LogP contribution in [0.4, 0.5) is 18.0 Å². The summed E-state index contributed by atoms with van der Waals surface area (Å²) in [5.41, 5.74) is 0.910. The number of pyridine rings is 1. The van der Waals surface area contributed by atoms with Gasteiger partial charge in [0, 0.05) is 30.6 Å². The Labute approximate surface area is 142 Å². The van der Waals surface area contributed by atoms with E-state index in [2.05, 4.69) is 9.72 Å². The van der Waals surface area contributed by atoms with E-state index in [1.54, 1.807) is 18.2 Å². The number of alkyl halides is 3. The smallest absolute Gasteiger partial charge is 0.465 e. The lowest BCUT2D eigenvalue weighted by molar-refractivity contribution is -0.274. The van der Waals surface area contributed by atoms with Crippen LogP contribution in [0, 0.1) is 5.92 Å². The van der Waals surface area contributed by atoms with Crippen molar-refractivity contribution in [2.45, 2.75) is 25.6 Å². The Morgan fingerprint density at radius 2 is 2.08 bits per heavy atom. The van der Waals surface area contributed by atoms with Crippen LogP contribution in [0.15, 0.2) is 30.5 Å². The molecular weight excluding hydrogens is 337 g/mol. The number of rotatable bonds is 2. The average Bonchev–Trinajstić information content (AvgIpc) is 2.53. The van der Waals surface area contributed by atoms with E-state index in [9.17, 15) is 23.1 Å². The average molecular weight is 354 g/mol. The van der Waals surface area contributed by atoms with E-state index >= 15 is 0 Å². The van der Waals surface area contributed by atoms with E-state index in [0.717, 1.165) is 12.0 Å². The second kappa shape index (κ2) is 6.42. The quantitative estimate of drug-likeness (QED) is 0.876. The molecule has 2 atom stereocenters. The number of nitrogens with zero attached hydrogens (tertiary/aromatic N) is 2. The Hall–Kier alpha value is -2.51. The van der Waals surface area contributed by atoms with E-state index in [0.29, 0.717) is 18.5 Å². The number of halogens is 3. The van der Waals surface area contributed by atoms with Crippen LogP contribution in [0.25, 0.3) is 10.9 Å². The first kappa shape index (κ1) is 17.3. The lowest BCUT2D eigenvalue weighted by Gasteiger charge is -2.35. The monoisotopic (exact) mass is 354 g/mol. The van der Waals surface area contributed by atoms with Gasteiger partial charge < -0.3 is 14.7 Å². The number of aromatic nitrogens is 1. The molecule has 3 rings (SSSR count). The zero-order chi connectivity index (χ0) is 18.2. The highest BCUT2D eigenvalue weighted by atomic mass is 19.4. The van der Waals surface area contributed by atoms with Crippen molar-refractivity contribution in [2.75, 3.05) is 13.1 Å². The number of benzene rings is 1. The molecule has 0 aliphatic carbocycles. The number of hydrogen-bond acceptors (Lipinski definition) is 3. The van der Waals surface area contributed by atoms with Gasteiger partial charge in [0.1, 0.15) is 5.52 Å². The molecule has 1 amide bonds. The fraction of sp³-hybridized carbons (Fsp3) is 0.412. The van der Waals surface area contributed by atoms with Gasteiger partial charge in [-0.2, -0.15) is 0 Å². The molecule has 1 aliphatic heterocycles. The Bertz CT molecular complexity index is 794. The number of ether oxygens (including phenoxy) is 1. The van der Waals surface area contributed by atoms with Gasteiger partial charge in [-0.15, -0.1) is 13.2 Å². The molecule has 1 aliphatic rings. The highest BCUT2D eigenvalue weighted by Crippen LogP contribution is 2.38. The van der Waals surface area contributed by atoms with Crippen molar-refractivity contribution >= 4 is 17.0 Å². The van der Waals surface area contributed by atoms with E-state index in [1.165, 1.54) is 17.2 Å². The maximum atomic E-state index is 12.6. The van der Waals surface area contributed by atoms with Crippen LogP contribution < -0.4 is 4.74 Å². The van der Waals surface area contributed by atoms with Gasteiger partial charge in [-0.3, -0.25) is 4.98 Å². The SMILES string of the molecule is CC1CC(c2ccc(OC(F)(F)F)c3ncccc23)CN(C(=O)O)C1. The molecule has 134 valence electrons. The molecule has 1 N–H and O–H groups in total. The van der Waals surface area contributed by atoms with Crippen molar-refractivity contribution in [2.24, 2.45) is 5.92 Å². The van der Waals surface area contributed by atoms with Crippen LogP contribution >= 0.6 is 0 Å². The second-order valence-corrected chi connectivity index (χ2v) is 6.33. The molecule has 1 aromatic carbocycles. The van der Waals surface area contributed by atoms with Crippen molar-refractivity contribution in [1.82, 2.24) is 9.88 Å². The number of likely N-dealkylation sites (tertiary alicyclic amines) is 1. The first-order valence-electron chi connectivity index (χ1n) is 7.86. The Morgan fingerprint density at radius 1 is 1.32 bits per heavy atom. The maximum absolute atomic E-state index is 12.6. The highest BCUT2D eigenvalue weighted by molar-refractivity contribution is 5.88. The summed E-state index contributed by atoms with van der Waals surface area (Å²) in [5, 5.41) is 9.82. The summed E-state index contributed by atoms with van der Waals surface area (Å²) in [6.45, 7) is 2.73. The zero-order valence-electron chi connectivity index (χ0n) is 13.5. The zero-order valence-corrected chi connectivity index (χ0v) is 13.5. The number of fused-ring (bicyclic) bond motifs is 1. The third-order valence-corrected chi connectivity index (χ3v) is 4.36. The third-order valence-electron chi connectivity index (χ3n) is 4.36. The highest BCUT2D eigenvalue weighted by Gasteiger charge is 2.33. The first-order chi connectivity index (χ1) is 11.7. The molecule has 1 fully saturated rings. The molecule has 2 heterocycles. The van der Waals surface area contributed by atoms with Gasteiger partial charge in [0.05, 0.1) is 0 Å². The van der Waals surface area contributed by atoms with Crippen molar-refractivity contribution in [1.29, 1.82) is 0 Å². The molecule has 0 bridgehead atoms. The minimum atomic E-state index is -4.80. The standard InChI is InChI=1S/C17H17F3N2O3/c1-10-7-11(9-22(8-10)16(23)24)12-4-5-14(25-17(18,19)20)15-13(12)3-2-6-21-15/h2-6,10-11H,7-9H2,1H3,(H,23,24). The molecule has 1 aromatic heterocycles. The maximum Gasteiger partial charge on any atom is 0.573 e. The van der Waals surface area contributed by atoms with Crippen LogP contribution in [-0.2, 0) is 0 Å². The van der Waals surface area contributed by atoms with E-state index in [1.807, 2.05) is 6.92 Å². The van der Waals surface area contributed by atoms with Crippen LogP contribution in [0.2, 0.25) is 0 Å². The lowest BCUT2D eigenvalue weighted by Crippen LogP contribution is -2.41. The van der Waals surface area contributed by atoms with Gasteiger partial charge in [0.15, 0.2) is 5.75 Å². The normalized spacial score (nSPS) is 21.4. The van der Waals surface area contributed by atoms with Gasteiger partial charge in [-0.05, 0) is 30.0 Å². The molecule has 5 nitrogen and oxygen atoms in total. The van der Waals surface area contributed by atoms with Crippen LogP contribution in [0.3, 0.4) is 0 Å². The van der Waals surface area contributed by atoms with Gasteiger partial charge in [-0.25, -0.2) is 4.79 Å². The van der Waals surface area contributed by atoms with Crippen molar-refractivity contribution in [3.63, 3.8) is 0 Å². The Balaban J connectivity index is 2.03. The lowest BCUT2D eigenvalue weighted by atomic mass is 9.84. The molecule has 2 aromatic rings. The summed E-state index contributed by atoms with van der Waals surface area (Å²) in [5.74, 6) is -0.301. The summed E-state index contributed by atoms with van der Waals surface area (Å²) in [6.07, 6.45) is -3.63. The summed E-state index contributed by atoms with van der Waals surface area (Å²) < 4.78 is 41.9. The minimum absolute atomic E-state index is 0.105. The summed E-state index contributed by atoms with van der Waals surface area (Å²) in [6, 6.07) is 6.16. The number of carboxylic acid groups (broad SMARTS) is 1. The third kappa shape index (κ3) is 3.78. The molecule has 0 radical (unpaired) electrons. The summed E-state index contributed by atoms with van der Waals surface area (Å²) in [7, 11) is 0. The van der Waals surface area contributed by atoms with Gasteiger partial charge in [0.25, 0.3) is 0 Å². The van der Waals surface area contributed by atoms with Crippen LogP contribution in [-0.4, -0.2) is 40.5 Å². The number of amides is 1. The molecule has 1 saturated heterocycles. The van der Waals surface area contributed by atoms with Gasteiger partial charge in [-0.1, -0.05) is 19.1 Å². The van der Waals surface area contributed by atoms with E-state index in [-0.39, 0.29) is 23.1 Å².